The van der Waals surface area contributed by atoms with E-state index in [1.807, 2.05) is 6.92 Å². The summed E-state index contributed by atoms with van der Waals surface area (Å²) in [6.07, 6.45) is 3.00. The molecule has 42 heavy (non-hydrogen) atoms. The lowest BCUT2D eigenvalue weighted by atomic mass is 10.0. The molecule has 1 fully saturated rings. The van der Waals surface area contributed by atoms with Crippen LogP contribution in [0.4, 0.5) is 24.8 Å². The lowest BCUT2D eigenvalue weighted by molar-refractivity contribution is -0.117. The Morgan fingerprint density at radius 2 is 2.00 bits per heavy atom. The third-order valence-electron chi connectivity index (χ3n) is 6.58. The first-order valence-corrected chi connectivity index (χ1v) is 13.1. The van der Waals surface area contributed by atoms with Crippen LogP contribution in [0, 0.1) is 18.7 Å². The van der Waals surface area contributed by atoms with Gasteiger partial charge in [-0.1, -0.05) is 24.6 Å². The summed E-state index contributed by atoms with van der Waals surface area (Å²) in [5, 5.41) is 6.50. The summed E-state index contributed by atoms with van der Waals surface area (Å²) < 4.78 is 48.9. The van der Waals surface area contributed by atoms with Gasteiger partial charge in [-0.15, -0.1) is 0 Å². The highest BCUT2D eigenvalue weighted by Gasteiger charge is 2.30. The molecule has 0 aliphatic carbocycles. The maximum atomic E-state index is 14.8. The second-order valence-electron chi connectivity index (χ2n) is 9.71. The van der Waals surface area contributed by atoms with Crippen LogP contribution in [-0.4, -0.2) is 55.2 Å². The highest BCUT2D eigenvalue weighted by atomic mass is 35.5. The number of alkyl halides is 2. The Hall–Kier alpha value is -4.59. The predicted molar refractivity (Wildman–Crippen MR) is 146 cm³/mol. The summed E-state index contributed by atoms with van der Waals surface area (Å²) in [5.41, 5.74) is -0.558. The van der Waals surface area contributed by atoms with E-state index < -0.39 is 29.3 Å². The van der Waals surface area contributed by atoms with E-state index in [1.54, 1.807) is 6.20 Å². The van der Waals surface area contributed by atoms with Crippen molar-refractivity contribution in [3.8, 4) is 17.1 Å². The zero-order valence-electron chi connectivity index (χ0n) is 22.6. The van der Waals surface area contributed by atoms with E-state index in [0.29, 0.717) is 24.2 Å². The molecular weight excluding hydrogens is 577 g/mol. The van der Waals surface area contributed by atoms with Crippen LogP contribution < -0.4 is 15.0 Å². The van der Waals surface area contributed by atoms with Crippen LogP contribution in [0.15, 0.2) is 36.9 Å². The van der Waals surface area contributed by atoms with Crippen LogP contribution in [0.1, 0.15) is 47.1 Å². The number of aromatic nitrogens is 6. The van der Waals surface area contributed by atoms with E-state index in [0.717, 1.165) is 18.3 Å². The maximum absolute atomic E-state index is 14.8. The smallest absolute Gasteiger partial charge is 0.276 e. The number of nitrogens with zero attached hydrogens (tertiary/aromatic N) is 7. The molecule has 1 aromatic carbocycles. The monoisotopic (exact) mass is 600 g/mol. The zero-order valence-corrected chi connectivity index (χ0v) is 23.4. The summed E-state index contributed by atoms with van der Waals surface area (Å²) in [6.45, 7) is 4.19. The molecular formula is C27H24ClF3N8O3. The number of halogens is 4. The largest absolute Gasteiger partial charge is 0.481 e. The van der Waals surface area contributed by atoms with Gasteiger partial charge < -0.3 is 10.1 Å². The lowest BCUT2D eigenvalue weighted by Gasteiger charge is -2.16. The topological polar surface area (TPSA) is 128 Å². The van der Waals surface area contributed by atoms with Gasteiger partial charge in [0.25, 0.3) is 12.3 Å². The first-order chi connectivity index (χ1) is 20.0. The summed E-state index contributed by atoms with van der Waals surface area (Å²) in [6, 6.07) is 2.03. The first-order valence-electron chi connectivity index (χ1n) is 12.7. The Labute approximate surface area is 242 Å². The average Bonchev–Trinajstić information content (AvgIpc) is 3.54. The van der Waals surface area contributed by atoms with Crippen LogP contribution >= 0.6 is 11.6 Å². The van der Waals surface area contributed by atoms with E-state index in [9.17, 15) is 22.8 Å². The van der Waals surface area contributed by atoms with Crippen molar-refractivity contribution < 1.29 is 27.5 Å². The minimum Gasteiger partial charge on any atom is -0.481 e. The van der Waals surface area contributed by atoms with Crippen LogP contribution in [0.2, 0.25) is 5.02 Å². The van der Waals surface area contributed by atoms with Crippen molar-refractivity contribution in [3.63, 3.8) is 0 Å². The van der Waals surface area contributed by atoms with E-state index in [2.05, 4.69) is 30.4 Å². The van der Waals surface area contributed by atoms with E-state index >= 15 is 0 Å². The molecule has 1 atom stereocenters. The number of nitrogens with one attached hydrogen (secondary N) is 1. The third kappa shape index (κ3) is 5.75. The van der Waals surface area contributed by atoms with Gasteiger partial charge in [-0.3, -0.25) is 24.2 Å². The number of aryl methyl sites for hydroxylation is 1. The number of amides is 2. The molecule has 1 N–H and O–H groups in total. The molecule has 1 saturated heterocycles. The van der Waals surface area contributed by atoms with Gasteiger partial charge in [0.2, 0.25) is 17.7 Å². The van der Waals surface area contributed by atoms with Gasteiger partial charge in [0.05, 0.1) is 53.7 Å². The van der Waals surface area contributed by atoms with Crippen molar-refractivity contribution in [2.45, 2.75) is 33.2 Å². The standard InChI is InChI=1S/C27H24ClF3N8O3/c1-13-6-20(40)39(10-13)27-33-7-15(26(37-27)42-3)11-38-12-16(8-34-38)35-25(41)23-14(2)32-9-19(36-23)21-17(24(30)31)4-5-18(28)22(21)29/h4-5,7-9,12-13,24H,6,10-11H2,1-3H3,(H,35,41)/t13-/m0/s1. The Balaban J connectivity index is 1.34. The van der Waals surface area contributed by atoms with Crippen molar-refractivity contribution in [2.24, 2.45) is 5.92 Å². The normalized spacial score (nSPS) is 15.0. The Morgan fingerprint density at radius 3 is 2.69 bits per heavy atom. The van der Waals surface area contributed by atoms with Gasteiger partial charge in [-0.05, 0) is 18.9 Å². The van der Waals surface area contributed by atoms with E-state index in [1.165, 1.54) is 36.0 Å². The fourth-order valence-electron chi connectivity index (χ4n) is 4.55. The number of benzene rings is 1. The lowest BCUT2D eigenvalue weighted by Crippen LogP contribution is -2.26. The number of carbonyl (C=O) groups is 2. The van der Waals surface area contributed by atoms with Crippen LogP contribution in [0.5, 0.6) is 5.88 Å². The van der Waals surface area contributed by atoms with Gasteiger partial charge in [0, 0.05) is 36.5 Å². The quantitative estimate of drug-likeness (QED) is 0.304. The van der Waals surface area contributed by atoms with Crippen LogP contribution in [0.3, 0.4) is 0 Å². The van der Waals surface area contributed by atoms with Crippen molar-refractivity contribution >= 4 is 35.1 Å². The number of hydrogen-bond donors (Lipinski definition) is 1. The molecule has 0 unspecified atom stereocenters. The third-order valence-corrected chi connectivity index (χ3v) is 6.87. The van der Waals surface area contributed by atoms with Crippen LogP contribution in [-0.2, 0) is 11.3 Å². The summed E-state index contributed by atoms with van der Waals surface area (Å²) in [7, 11) is 1.45. The number of anilines is 2. The number of methoxy groups -OCH3 is 1. The van der Waals surface area contributed by atoms with E-state index in [-0.39, 0.29) is 52.3 Å². The van der Waals surface area contributed by atoms with E-state index in [4.69, 9.17) is 16.3 Å². The molecule has 2 amide bonds. The van der Waals surface area contributed by atoms with Gasteiger partial charge in [0.15, 0.2) is 5.82 Å². The summed E-state index contributed by atoms with van der Waals surface area (Å²) in [5.74, 6) is -1.12. The number of carbonyl (C=O) groups excluding carboxylic acids is 2. The SMILES string of the molecule is COc1nc(N2C[C@@H](C)CC2=O)ncc1Cn1cc(NC(=O)c2nc(-c3c(C(F)F)ccc(Cl)c3F)cnc2C)cn1. The molecule has 0 bridgehead atoms. The molecule has 0 saturated carbocycles. The summed E-state index contributed by atoms with van der Waals surface area (Å²) >= 11 is 5.82. The number of rotatable bonds is 8. The Morgan fingerprint density at radius 1 is 1.21 bits per heavy atom. The second kappa shape index (κ2) is 11.7. The molecule has 3 aromatic heterocycles. The number of ether oxygens (including phenoxy) is 1. The molecule has 4 heterocycles. The van der Waals surface area contributed by atoms with Gasteiger partial charge >= 0.3 is 0 Å². The fraction of sp³-hybridized carbons (Fsp3) is 0.296. The molecule has 4 aromatic rings. The molecule has 0 spiro atoms. The van der Waals surface area contributed by atoms with Crippen molar-refractivity contribution in [2.75, 3.05) is 23.9 Å². The molecule has 15 heteroatoms. The zero-order chi connectivity index (χ0) is 30.1. The van der Waals surface area contributed by atoms with Gasteiger partial charge in [0.1, 0.15) is 5.69 Å². The molecule has 1 aliphatic heterocycles. The van der Waals surface area contributed by atoms with Crippen molar-refractivity contribution in [3.05, 3.63) is 70.3 Å². The van der Waals surface area contributed by atoms with Crippen molar-refractivity contribution in [1.29, 1.82) is 0 Å². The molecule has 5 rings (SSSR count). The minimum absolute atomic E-state index is 0.0533. The molecule has 0 radical (unpaired) electrons. The summed E-state index contributed by atoms with van der Waals surface area (Å²) in [4.78, 5) is 43.7. The number of hydrogen-bond acceptors (Lipinski definition) is 8. The van der Waals surface area contributed by atoms with Gasteiger partial charge in [-0.2, -0.15) is 10.1 Å². The Kier molecular flexibility index (Phi) is 8.07. The molecule has 218 valence electrons. The first kappa shape index (κ1) is 28.9. The van der Waals surface area contributed by atoms with Gasteiger partial charge in [-0.25, -0.2) is 23.1 Å². The average molecular weight is 601 g/mol. The maximum Gasteiger partial charge on any atom is 0.276 e. The predicted octanol–water partition coefficient (Wildman–Crippen LogP) is 4.85. The van der Waals surface area contributed by atoms with Crippen molar-refractivity contribution in [1.82, 2.24) is 29.7 Å². The fourth-order valence-corrected chi connectivity index (χ4v) is 4.71. The highest BCUT2D eigenvalue weighted by Crippen LogP contribution is 2.35. The molecule has 11 nitrogen and oxygen atoms in total. The highest BCUT2D eigenvalue weighted by molar-refractivity contribution is 6.31. The minimum atomic E-state index is -3.01. The van der Waals surface area contributed by atoms with Crippen LogP contribution in [0.25, 0.3) is 11.3 Å². The molecule has 1 aliphatic rings. The second-order valence-corrected chi connectivity index (χ2v) is 10.1. The Bertz CT molecular complexity index is 1680.